The quantitative estimate of drug-likeness (QED) is 0.455. The van der Waals surface area contributed by atoms with Crippen LogP contribution in [0.1, 0.15) is 22.3 Å². The van der Waals surface area contributed by atoms with E-state index in [1.165, 1.54) is 38.8 Å². The highest BCUT2D eigenvalue weighted by atomic mass is 14.8. The Hall–Kier alpha value is -3.39. The van der Waals surface area contributed by atoms with Crippen LogP contribution < -0.4 is 0 Å². The van der Waals surface area contributed by atoms with E-state index in [4.69, 9.17) is 0 Å². The molecule has 2 heterocycles. The lowest BCUT2D eigenvalue weighted by Gasteiger charge is -2.12. The third-order valence-electron chi connectivity index (χ3n) is 5.00. The number of hydrogen-bond donors (Lipinski definition) is 1. The molecule has 1 aliphatic rings. The summed E-state index contributed by atoms with van der Waals surface area (Å²) < 4.78 is 0. The SMILES string of the molecule is Cc1ccc(/C(=C2/C=Nc3ccccc32)c2c[nH]c3ccccc23)cc1. The van der Waals surface area contributed by atoms with Gasteiger partial charge in [-0.05, 0) is 24.6 Å². The van der Waals surface area contributed by atoms with Crippen LogP contribution in [0.2, 0.25) is 0 Å². The average Bonchev–Trinajstić information content (AvgIpc) is 3.29. The summed E-state index contributed by atoms with van der Waals surface area (Å²) in [6, 6.07) is 25.5. The maximum atomic E-state index is 4.64. The lowest BCUT2D eigenvalue weighted by Crippen LogP contribution is -1.94. The van der Waals surface area contributed by atoms with Crippen LogP contribution >= 0.6 is 0 Å². The predicted molar refractivity (Wildman–Crippen MR) is 110 cm³/mol. The summed E-state index contributed by atoms with van der Waals surface area (Å²) in [5, 5.41) is 1.23. The van der Waals surface area contributed by atoms with Gasteiger partial charge in [-0.1, -0.05) is 66.2 Å². The van der Waals surface area contributed by atoms with Crippen LogP contribution in [0.25, 0.3) is 22.0 Å². The van der Waals surface area contributed by atoms with Gasteiger partial charge in [0.25, 0.3) is 0 Å². The van der Waals surface area contributed by atoms with Crippen molar-refractivity contribution in [2.75, 3.05) is 0 Å². The number of aryl methyl sites for hydroxylation is 1. The summed E-state index contributed by atoms with van der Waals surface area (Å²) in [6.45, 7) is 2.12. The number of para-hydroxylation sites is 2. The fourth-order valence-electron chi connectivity index (χ4n) is 3.67. The zero-order valence-electron chi connectivity index (χ0n) is 14.5. The molecule has 3 aromatic carbocycles. The normalized spacial score (nSPS) is 14.7. The van der Waals surface area contributed by atoms with Crippen LogP contribution in [0.5, 0.6) is 0 Å². The minimum atomic E-state index is 1.03. The molecule has 1 N–H and O–H groups in total. The summed E-state index contributed by atoms with van der Waals surface area (Å²) in [7, 11) is 0. The van der Waals surface area contributed by atoms with E-state index < -0.39 is 0 Å². The maximum Gasteiger partial charge on any atom is 0.0709 e. The third-order valence-corrected chi connectivity index (χ3v) is 5.00. The smallest absolute Gasteiger partial charge is 0.0709 e. The number of nitrogens with zero attached hydrogens (tertiary/aromatic N) is 1. The highest BCUT2D eigenvalue weighted by molar-refractivity contribution is 6.27. The molecule has 0 saturated heterocycles. The van der Waals surface area contributed by atoms with Crippen molar-refractivity contribution in [3.05, 3.63) is 101 Å². The highest BCUT2D eigenvalue weighted by Gasteiger charge is 2.20. The molecule has 1 aromatic heterocycles. The fraction of sp³-hybridized carbons (Fsp3) is 0.0417. The Balaban J connectivity index is 1.85. The molecule has 5 rings (SSSR count). The molecular weight excluding hydrogens is 316 g/mol. The second kappa shape index (κ2) is 5.85. The Morgan fingerprint density at radius 2 is 1.62 bits per heavy atom. The van der Waals surface area contributed by atoms with E-state index in [0.717, 1.165) is 11.2 Å². The van der Waals surface area contributed by atoms with Gasteiger partial charge in [0.05, 0.1) is 5.69 Å². The van der Waals surface area contributed by atoms with E-state index in [2.05, 4.69) is 89.8 Å². The first kappa shape index (κ1) is 14.9. The van der Waals surface area contributed by atoms with Gasteiger partial charge in [0.1, 0.15) is 0 Å². The van der Waals surface area contributed by atoms with Gasteiger partial charge in [0, 0.05) is 45.6 Å². The van der Waals surface area contributed by atoms with Crippen LogP contribution in [0.3, 0.4) is 0 Å². The number of allylic oxidation sites excluding steroid dienone is 1. The number of fused-ring (bicyclic) bond motifs is 2. The number of aliphatic imine (C=N–C) groups is 1. The maximum absolute atomic E-state index is 4.64. The van der Waals surface area contributed by atoms with Gasteiger partial charge >= 0.3 is 0 Å². The molecule has 124 valence electrons. The Kier molecular flexibility index (Phi) is 3.36. The standard InChI is InChI=1S/C24H18N2/c1-16-10-12-17(13-11-16)24(20-14-25-22-8-4-2-6-18(20)22)21-15-26-23-9-5-3-7-19(21)23/h2-15,25H,1H3/b24-21+. The van der Waals surface area contributed by atoms with Crippen molar-refractivity contribution in [3.63, 3.8) is 0 Å². The van der Waals surface area contributed by atoms with Gasteiger partial charge in [0.2, 0.25) is 0 Å². The van der Waals surface area contributed by atoms with E-state index in [1.807, 2.05) is 12.3 Å². The summed E-state index contributed by atoms with van der Waals surface area (Å²) in [5.41, 5.74) is 9.44. The van der Waals surface area contributed by atoms with Gasteiger partial charge in [-0.3, -0.25) is 4.99 Å². The van der Waals surface area contributed by atoms with E-state index in [1.54, 1.807) is 0 Å². The molecule has 0 amide bonds. The van der Waals surface area contributed by atoms with Crippen molar-refractivity contribution in [3.8, 4) is 0 Å². The first-order valence-electron chi connectivity index (χ1n) is 8.82. The molecule has 1 aliphatic heterocycles. The van der Waals surface area contributed by atoms with Crippen molar-refractivity contribution in [2.24, 2.45) is 4.99 Å². The number of benzene rings is 3. The van der Waals surface area contributed by atoms with E-state index in [-0.39, 0.29) is 0 Å². The second-order valence-electron chi connectivity index (χ2n) is 6.68. The molecule has 0 bridgehead atoms. The number of aromatic amines is 1. The van der Waals surface area contributed by atoms with Crippen molar-refractivity contribution in [2.45, 2.75) is 6.92 Å². The molecular formula is C24H18N2. The van der Waals surface area contributed by atoms with Gasteiger partial charge in [-0.15, -0.1) is 0 Å². The van der Waals surface area contributed by atoms with Crippen LogP contribution in [0, 0.1) is 6.92 Å². The van der Waals surface area contributed by atoms with Gasteiger partial charge in [0.15, 0.2) is 0 Å². The minimum absolute atomic E-state index is 1.03. The molecule has 2 heteroatoms. The molecule has 0 unspecified atom stereocenters. The predicted octanol–water partition coefficient (Wildman–Crippen LogP) is 6.15. The number of rotatable bonds is 2. The summed E-state index contributed by atoms with van der Waals surface area (Å²) in [5.74, 6) is 0. The van der Waals surface area contributed by atoms with E-state index in [0.29, 0.717) is 0 Å². The molecule has 2 nitrogen and oxygen atoms in total. The van der Waals surface area contributed by atoms with Crippen LogP contribution in [-0.4, -0.2) is 11.2 Å². The molecule has 26 heavy (non-hydrogen) atoms. The third kappa shape index (κ3) is 2.31. The highest BCUT2D eigenvalue weighted by Crippen LogP contribution is 2.40. The Labute approximate surface area is 152 Å². The van der Waals surface area contributed by atoms with Crippen LogP contribution in [0.15, 0.2) is 84.0 Å². The fourth-order valence-corrected chi connectivity index (χ4v) is 3.67. The van der Waals surface area contributed by atoms with Crippen molar-refractivity contribution >= 4 is 34.0 Å². The monoisotopic (exact) mass is 334 g/mol. The topological polar surface area (TPSA) is 28.1 Å². The molecule has 0 fully saturated rings. The summed E-state index contributed by atoms with van der Waals surface area (Å²) in [6.07, 6.45) is 4.11. The first-order chi connectivity index (χ1) is 12.8. The van der Waals surface area contributed by atoms with Crippen LogP contribution in [0.4, 0.5) is 5.69 Å². The average molecular weight is 334 g/mol. The van der Waals surface area contributed by atoms with Crippen molar-refractivity contribution in [1.82, 2.24) is 4.98 Å². The van der Waals surface area contributed by atoms with Gasteiger partial charge < -0.3 is 4.98 Å². The molecule has 0 radical (unpaired) electrons. The van der Waals surface area contributed by atoms with E-state index in [9.17, 15) is 0 Å². The Morgan fingerprint density at radius 3 is 2.50 bits per heavy atom. The lowest BCUT2D eigenvalue weighted by atomic mass is 9.90. The zero-order valence-corrected chi connectivity index (χ0v) is 14.5. The first-order valence-corrected chi connectivity index (χ1v) is 8.82. The number of hydrogen-bond acceptors (Lipinski definition) is 1. The second-order valence-corrected chi connectivity index (χ2v) is 6.68. The number of aromatic nitrogens is 1. The zero-order chi connectivity index (χ0) is 17.5. The molecule has 0 saturated carbocycles. The minimum Gasteiger partial charge on any atom is -0.361 e. The summed E-state index contributed by atoms with van der Waals surface area (Å²) in [4.78, 5) is 8.06. The van der Waals surface area contributed by atoms with Gasteiger partial charge in [-0.2, -0.15) is 0 Å². The Morgan fingerprint density at radius 1 is 0.846 bits per heavy atom. The molecule has 4 aromatic rings. The van der Waals surface area contributed by atoms with Crippen molar-refractivity contribution < 1.29 is 0 Å². The Bertz CT molecular complexity index is 1170. The molecule has 0 spiro atoms. The largest absolute Gasteiger partial charge is 0.361 e. The number of H-pyrrole nitrogens is 1. The van der Waals surface area contributed by atoms with Crippen molar-refractivity contribution in [1.29, 1.82) is 0 Å². The van der Waals surface area contributed by atoms with Crippen LogP contribution in [-0.2, 0) is 0 Å². The summed E-state index contributed by atoms with van der Waals surface area (Å²) >= 11 is 0. The van der Waals surface area contributed by atoms with E-state index >= 15 is 0 Å². The molecule has 0 atom stereocenters. The van der Waals surface area contributed by atoms with Gasteiger partial charge in [-0.25, -0.2) is 0 Å². The number of nitrogens with one attached hydrogen (secondary N) is 1. The molecule has 0 aliphatic carbocycles. The lowest BCUT2D eigenvalue weighted by molar-refractivity contribution is 1.44.